The number of carbonyl (C=O) groups is 3. The van der Waals surface area contributed by atoms with Crippen LogP contribution in [0.25, 0.3) is 22.4 Å². The molecule has 9 heteroatoms. The van der Waals surface area contributed by atoms with Crippen LogP contribution in [0.4, 0.5) is 5.13 Å². The van der Waals surface area contributed by atoms with Crippen LogP contribution >= 0.6 is 11.3 Å². The van der Waals surface area contributed by atoms with Crippen LogP contribution in [0, 0.1) is 11.8 Å². The fourth-order valence-corrected chi connectivity index (χ4v) is 7.32. The highest BCUT2D eigenvalue weighted by atomic mass is 32.1. The number of likely N-dealkylation sites (tertiary alicyclic amines) is 1. The predicted octanol–water partition coefficient (Wildman–Crippen LogP) is 5.98. The van der Waals surface area contributed by atoms with Crippen LogP contribution in [0.1, 0.15) is 69.4 Å². The van der Waals surface area contributed by atoms with E-state index in [1.165, 1.54) is 11.3 Å². The standard InChI is InChI=1S/C32H36N4O4S/c1-35-15-14-26(31(35)40)27-13-10-21(18-33-27)24-8-4-5-9-25(24)28-19-41-32(34-28)36(23-11-12-23)30(39)22(17-29(37)38)16-20-6-2-3-7-20/h4-5,8-10,13,18-20,22-23,26H,2-3,6-7,11-12,14-17H2,1H3,(H,37,38). The molecule has 2 aliphatic carbocycles. The van der Waals surface area contributed by atoms with Crippen LogP contribution in [0.15, 0.2) is 48.0 Å². The zero-order chi connectivity index (χ0) is 28.5. The van der Waals surface area contributed by atoms with E-state index in [-0.39, 0.29) is 30.2 Å². The lowest BCUT2D eigenvalue weighted by Gasteiger charge is -2.26. The predicted molar refractivity (Wildman–Crippen MR) is 159 cm³/mol. The monoisotopic (exact) mass is 572 g/mol. The number of nitrogens with zero attached hydrogens (tertiary/aromatic N) is 4. The van der Waals surface area contributed by atoms with Crippen molar-refractivity contribution in [1.82, 2.24) is 14.9 Å². The number of carbonyl (C=O) groups excluding carboxylic acids is 2. The molecule has 214 valence electrons. The van der Waals surface area contributed by atoms with Crippen molar-refractivity contribution in [3.63, 3.8) is 0 Å². The van der Waals surface area contributed by atoms with Gasteiger partial charge in [-0.2, -0.15) is 0 Å². The number of rotatable bonds is 10. The van der Waals surface area contributed by atoms with Gasteiger partial charge in [-0.1, -0.05) is 56.0 Å². The number of hydrogen-bond donors (Lipinski definition) is 1. The Balaban J connectivity index is 1.26. The topological polar surface area (TPSA) is 104 Å². The fourth-order valence-electron chi connectivity index (χ4n) is 6.41. The van der Waals surface area contributed by atoms with Crippen molar-refractivity contribution in [1.29, 1.82) is 0 Å². The molecule has 6 rings (SSSR count). The number of likely N-dealkylation sites (N-methyl/N-ethyl adjacent to an activating group) is 1. The highest BCUT2D eigenvalue weighted by Crippen LogP contribution is 2.41. The van der Waals surface area contributed by atoms with Crippen LogP contribution in [0.2, 0.25) is 0 Å². The Hall–Kier alpha value is -3.59. The average molecular weight is 573 g/mol. The van der Waals surface area contributed by atoms with Crippen molar-refractivity contribution in [2.24, 2.45) is 11.8 Å². The van der Waals surface area contributed by atoms with Gasteiger partial charge in [0.05, 0.1) is 23.7 Å². The zero-order valence-electron chi connectivity index (χ0n) is 23.4. The third kappa shape index (κ3) is 5.91. The molecule has 0 bridgehead atoms. The first-order valence-corrected chi connectivity index (χ1v) is 15.6. The highest BCUT2D eigenvalue weighted by molar-refractivity contribution is 7.14. The van der Waals surface area contributed by atoms with E-state index in [9.17, 15) is 19.5 Å². The molecule has 8 nitrogen and oxygen atoms in total. The fraction of sp³-hybridized carbons (Fsp3) is 0.469. The summed E-state index contributed by atoms with van der Waals surface area (Å²) in [5.41, 5.74) is 4.43. The number of aliphatic carboxylic acids is 1. The minimum absolute atomic E-state index is 0.0886. The second kappa shape index (κ2) is 11.7. The van der Waals surface area contributed by atoms with Gasteiger partial charge in [0.15, 0.2) is 5.13 Å². The lowest BCUT2D eigenvalue weighted by molar-refractivity contribution is -0.141. The Bertz CT molecular complexity index is 1430. The van der Waals surface area contributed by atoms with Gasteiger partial charge in [-0.25, -0.2) is 4.98 Å². The molecule has 1 N–H and O–H groups in total. The Morgan fingerprint density at radius 1 is 1.07 bits per heavy atom. The summed E-state index contributed by atoms with van der Waals surface area (Å²) < 4.78 is 0. The van der Waals surface area contributed by atoms with Crippen molar-refractivity contribution in [2.45, 2.75) is 69.7 Å². The second-order valence-electron chi connectivity index (χ2n) is 11.8. The van der Waals surface area contributed by atoms with Gasteiger partial charge in [-0.05, 0) is 43.2 Å². The molecular formula is C32H36N4O4S. The largest absolute Gasteiger partial charge is 0.481 e. The molecule has 1 aliphatic heterocycles. The van der Waals surface area contributed by atoms with Crippen LogP contribution < -0.4 is 4.90 Å². The second-order valence-corrected chi connectivity index (χ2v) is 12.6. The summed E-state index contributed by atoms with van der Waals surface area (Å²) in [5.74, 6) is -1.18. The van der Waals surface area contributed by atoms with Gasteiger partial charge in [-0.15, -0.1) is 11.3 Å². The van der Waals surface area contributed by atoms with E-state index in [0.29, 0.717) is 17.5 Å². The van der Waals surface area contributed by atoms with Gasteiger partial charge in [0.25, 0.3) is 0 Å². The maximum absolute atomic E-state index is 13.9. The molecule has 3 aromatic rings. The molecule has 1 aromatic carbocycles. The third-order valence-corrected chi connectivity index (χ3v) is 9.64. The lowest BCUT2D eigenvalue weighted by atomic mass is 9.90. The van der Waals surface area contributed by atoms with Crippen molar-refractivity contribution in [3.8, 4) is 22.4 Å². The number of thiazole rings is 1. The summed E-state index contributed by atoms with van der Waals surface area (Å²) in [7, 11) is 1.83. The molecule has 2 amide bonds. The molecule has 0 spiro atoms. The average Bonchev–Trinajstić information content (AvgIpc) is 3.31. The zero-order valence-corrected chi connectivity index (χ0v) is 24.2. The first-order valence-electron chi connectivity index (χ1n) is 14.7. The van der Waals surface area contributed by atoms with Crippen LogP contribution in [-0.4, -0.2) is 57.4 Å². The molecule has 2 saturated carbocycles. The summed E-state index contributed by atoms with van der Waals surface area (Å²) in [6, 6.07) is 12.1. The van der Waals surface area contributed by atoms with E-state index in [4.69, 9.17) is 4.98 Å². The number of hydrogen-bond acceptors (Lipinski definition) is 6. The maximum Gasteiger partial charge on any atom is 0.304 e. The van der Waals surface area contributed by atoms with E-state index in [1.807, 2.05) is 55.0 Å². The lowest BCUT2D eigenvalue weighted by Crippen LogP contribution is -2.39. The van der Waals surface area contributed by atoms with Crippen molar-refractivity contribution < 1.29 is 19.5 Å². The molecule has 3 aliphatic rings. The number of anilines is 1. The van der Waals surface area contributed by atoms with Gasteiger partial charge >= 0.3 is 5.97 Å². The van der Waals surface area contributed by atoms with Crippen molar-refractivity contribution in [2.75, 3.05) is 18.5 Å². The Morgan fingerprint density at radius 2 is 1.83 bits per heavy atom. The minimum atomic E-state index is -0.921. The molecular weight excluding hydrogens is 536 g/mol. The quantitative estimate of drug-likeness (QED) is 0.320. The smallest absolute Gasteiger partial charge is 0.304 e. The Labute approximate surface area is 244 Å². The van der Waals surface area contributed by atoms with E-state index < -0.39 is 11.9 Å². The van der Waals surface area contributed by atoms with Crippen LogP contribution in [-0.2, 0) is 14.4 Å². The van der Waals surface area contributed by atoms with E-state index in [1.54, 1.807) is 9.80 Å². The molecule has 1 saturated heterocycles. The Morgan fingerprint density at radius 3 is 2.46 bits per heavy atom. The number of pyridine rings is 1. The molecule has 2 unspecified atom stereocenters. The van der Waals surface area contributed by atoms with E-state index >= 15 is 0 Å². The highest BCUT2D eigenvalue weighted by Gasteiger charge is 2.40. The number of amides is 2. The summed E-state index contributed by atoms with van der Waals surface area (Å²) in [6.45, 7) is 0.750. The minimum Gasteiger partial charge on any atom is -0.481 e. The van der Waals surface area contributed by atoms with Gasteiger partial charge in [-0.3, -0.25) is 24.3 Å². The molecule has 2 atom stereocenters. The summed E-state index contributed by atoms with van der Waals surface area (Å²) >= 11 is 1.44. The summed E-state index contributed by atoms with van der Waals surface area (Å²) in [5, 5.41) is 12.2. The molecule has 2 aromatic heterocycles. The summed E-state index contributed by atoms with van der Waals surface area (Å²) in [6.07, 6.45) is 9.42. The number of aromatic nitrogens is 2. The van der Waals surface area contributed by atoms with Crippen LogP contribution in [0.5, 0.6) is 0 Å². The molecule has 41 heavy (non-hydrogen) atoms. The molecule has 0 radical (unpaired) electrons. The maximum atomic E-state index is 13.9. The SMILES string of the molecule is CN1CCC(c2ccc(-c3ccccc3-c3csc(N(C(=O)C(CC(=O)O)CC4CCCC4)C4CC4)n3)cn2)C1=O. The third-order valence-electron chi connectivity index (χ3n) is 8.80. The van der Waals surface area contributed by atoms with Gasteiger partial charge in [0, 0.05) is 48.3 Å². The number of carboxylic acid groups (broad SMARTS) is 1. The van der Waals surface area contributed by atoms with Gasteiger partial charge in [0.2, 0.25) is 11.8 Å². The number of benzene rings is 1. The first kappa shape index (κ1) is 27.6. The summed E-state index contributed by atoms with van der Waals surface area (Å²) in [4.78, 5) is 51.2. The van der Waals surface area contributed by atoms with Crippen molar-refractivity contribution >= 4 is 34.3 Å². The van der Waals surface area contributed by atoms with Gasteiger partial charge < -0.3 is 10.0 Å². The van der Waals surface area contributed by atoms with E-state index in [0.717, 1.165) is 79.6 Å². The normalized spacial score (nSPS) is 20.0. The number of carboxylic acids is 1. The molecule has 3 heterocycles. The Kier molecular flexibility index (Phi) is 7.88. The van der Waals surface area contributed by atoms with Crippen LogP contribution in [0.3, 0.4) is 0 Å². The van der Waals surface area contributed by atoms with Crippen molar-refractivity contribution in [3.05, 3.63) is 53.7 Å². The molecule has 3 fully saturated rings. The van der Waals surface area contributed by atoms with E-state index in [2.05, 4.69) is 4.98 Å². The first-order chi connectivity index (χ1) is 19.9. The van der Waals surface area contributed by atoms with Gasteiger partial charge in [0.1, 0.15) is 0 Å².